The number of nitrogens with one attached hydrogen (secondary N) is 1. The average Bonchev–Trinajstić information content (AvgIpc) is 2.77. The van der Waals surface area contributed by atoms with Crippen molar-refractivity contribution < 1.29 is 4.79 Å². The lowest BCUT2D eigenvalue weighted by Crippen LogP contribution is -2.55. The SMILES string of the molecule is C[C@@H](NC(=O)c1cc(-c2ccc(Cl)cc2Cl)nc2ccccc12)C12CC3CC(CC(C3)C1)C2. The molecule has 3 nitrogen and oxygen atoms in total. The number of aromatic nitrogens is 1. The normalized spacial score (nSPS) is 28.8. The minimum Gasteiger partial charge on any atom is -0.349 e. The summed E-state index contributed by atoms with van der Waals surface area (Å²) in [7, 11) is 0. The summed E-state index contributed by atoms with van der Waals surface area (Å²) in [6, 6.07) is 15.2. The second-order valence-electron chi connectivity index (χ2n) is 10.7. The van der Waals surface area contributed by atoms with E-state index in [0.29, 0.717) is 21.3 Å². The molecule has 2 aromatic carbocycles. The largest absolute Gasteiger partial charge is 0.349 e. The van der Waals surface area contributed by atoms with Crippen molar-refractivity contribution in [2.24, 2.45) is 23.2 Å². The lowest BCUT2D eigenvalue weighted by Gasteiger charge is -2.59. The molecule has 1 amide bonds. The van der Waals surface area contributed by atoms with Crippen molar-refractivity contribution >= 4 is 40.0 Å². The van der Waals surface area contributed by atoms with E-state index < -0.39 is 0 Å². The van der Waals surface area contributed by atoms with Crippen molar-refractivity contribution in [3.05, 3.63) is 64.1 Å². The number of benzene rings is 2. The molecule has 1 N–H and O–H groups in total. The second kappa shape index (κ2) is 7.99. The van der Waals surface area contributed by atoms with E-state index in [0.717, 1.165) is 34.2 Å². The maximum atomic E-state index is 13.7. The van der Waals surface area contributed by atoms with Gasteiger partial charge in [0.2, 0.25) is 0 Å². The summed E-state index contributed by atoms with van der Waals surface area (Å²) >= 11 is 12.6. The Labute approximate surface area is 204 Å². The van der Waals surface area contributed by atoms with E-state index >= 15 is 0 Å². The van der Waals surface area contributed by atoms with Crippen LogP contribution in [0.15, 0.2) is 48.5 Å². The summed E-state index contributed by atoms with van der Waals surface area (Å²) in [5, 5.41) is 5.39. The van der Waals surface area contributed by atoms with Crippen molar-refractivity contribution in [3.63, 3.8) is 0 Å². The van der Waals surface area contributed by atoms with Gasteiger partial charge in [-0.05, 0) is 98.9 Å². The van der Waals surface area contributed by atoms with Crippen LogP contribution >= 0.6 is 23.2 Å². The van der Waals surface area contributed by atoms with Crippen molar-refractivity contribution in [1.29, 1.82) is 0 Å². The highest BCUT2D eigenvalue weighted by Gasteiger charge is 2.53. The molecule has 1 atom stereocenters. The van der Waals surface area contributed by atoms with Crippen LogP contribution in [0, 0.1) is 23.2 Å². The molecule has 1 heterocycles. The fraction of sp³-hybridized carbons (Fsp3) is 0.429. The second-order valence-corrected chi connectivity index (χ2v) is 11.5. The zero-order chi connectivity index (χ0) is 22.7. The third-order valence-electron chi connectivity index (χ3n) is 8.52. The Balaban J connectivity index is 1.35. The number of rotatable bonds is 4. The first-order valence-electron chi connectivity index (χ1n) is 12.1. The number of hydrogen-bond donors (Lipinski definition) is 1. The molecule has 0 radical (unpaired) electrons. The van der Waals surface area contributed by atoms with Crippen LogP contribution in [-0.2, 0) is 0 Å². The predicted molar refractivity (Wildman–Crippen MR) is 135 cm³/mol. The number of fused-ring (bicyclic) bond motifs is 1. The molecule has 0 unspecified atom stereocenters. The number of amides is 1. The molecule has 0 saturated heterocycles. The summed E-state index contributed by atoms with van der Waals surface area (Å²) in [6.45, 7) is 2.23. The Morgan fingerprint density at radius 2 is 1.67 bits per heavy atom. The molecule has 3 aromatic rings. The van der Waals surface area contributed by atoms with Gasteiger partial charge in [0.25, 0.3) is 5.91 Å². The summed E-state index contributed by atoms with van der Waals surface area (Å²) in [4.78, 5) is 18.5. The number of hydrogen-bond acceptors (Lipinski definition) is 2. The number of carbonyl (C=O) groups is 1. The van der Waals surface area contributed by atoms with Gasteiger partial charge in [0.1, 0.15) is 0 Å². The molecule has 0 aliphatic heterocycles. The average molecular weight is 479 g/mol. The fourth-order valence-electron chi connectivity index (χ4n) is 7.33. The van der Waals surface area contributed by atoms with E-state index in [9.17, 15) is 4.79 Å². The van der Waals surface area contributed by atoms with Crippen LogP contribution in [-0.4, -0.2) is 16.9 Å². The van der Waals surface area contributed by atoms with Gasteiger partial charge in [0, 0.05) is 22.0 Å². The predicted octanol–water partition coefficient (Wildman–Crippen LogP) is 7.54. The Hall–Kier alpha value is -2.10. The summed E-state index contributed by atoms with van der Waals surface area (Å²) in [6.07, 6.45) is 8.01. The molecule has 4 fully saturated rings. The van der Waals surface area contributed by atoms with Gasteiger partial charge in [0.05, 0.1) is 21.8 Å². The van der Waals surface area contributed by atoms with Gasteiger partial charge in [-0.15, -0.1) is 0 Å². The van der Waals surface area contributed by atoms with Gasteiger partial charge in [-0.2, -0.15) is 0 Å². The molecular weight excluding hydrogens is 451 g/mol. The Bertz CT molecular complexity index is 1220. The van der Waals surface area contributed by atoms with Crippen LogP contribution in [0.3, 0.4) is 0 Å². The highest BCUT2D eigenvalue weighted by Crippen LogP contribution is 2.61. The molecule has 4 aliphatic rings. The molecule has 33 heavy (non-hydrogen) atoms. The van der Waals surface area contributed by atoms with Crippen molar-refractivity contribution in [2.45, 2.75) is 51.5 Å². The molecule has 7 rings (SSSR count). The van der Waals surface area contributed by atoms with Crippen LogP contribution in [0.2, 0.25) is 10.0 Å². The van der Waals surface area contributed by atoms with Crippen molar-refractivity contribution in [2.75, 3.05) is 0 Å². The van der Waals surface area contributed by atoms with E-state index in [-0.39, 0.29) is 17.4 Å². The quantitative estimate of drug-likeness (QED) is 0.420. The zero-order valence-electron chi connectivity index (χ0n) is 18.8. The van der Waals surface area contributed by atoms with Crippen LogP contribution in [0.5, 0.6) is 0 Å². The standard InChI is InChI=1S/C28H28Cl2N2O/c1-16(28-13-17-8-18(14-28)10-19(9-17)15-28)31-27(33)23-12-26(22-7-6-20(29)11-24(22)30)32-25-5-3-2-4-21(23)25/h2-7,11-12,16-19H,8-10,13-15H2,1H3,(H,31,33)/t16-,17?,18?,19?,28?/m1/s1. The Morgan fingerprint density at radius 3 is 2.33 bits per heavy atom. The molecule has 5 heteroatoms. The minimum absolute atomic E-state index is 0.0248. The van der Waals surface area contributed by atoms with Crippen LogP contribution in [0.1, 0.15) is 55.8 Å². The van der Waals surface area contributed by atoms with Gasteiger partial charge in [-0.25, -0.2) is 4.98 Å². The summed E-state index contributed by atoms with van der Waals surface area (Å²) < 4.78 is 0. The van der Waals surface area contributed by atoms with Gasteiger partial charge in [0.15, 0.2) is 0 Å². The third-order valence-corrected chi connectivity index (χ3v) is 9.07. The lowest BCUT2D eigenvalue weighted by atomic mass is 9.48. The summed E-state index contributed by atoms with van der Waals surface area (Å²) in [5.74, 6) is 2.55. The zero-order valence-corrected chi connectivity index (χ0v) is 20.3. The van der Waals surface area contributed by atoms with Gasteiger partial charge >= 0.3 is 0 Å². The molecule has 4 bridgehead atoms. The van der Waals surface area contributed by atoms with E-state index in [1.807, 2.05) is 36.4 Å². The number of carbonyl (C=O) groups excluding carboxylic acids is 1. The van der Waals surface area contributed by atoms with E-state index in [1.54, 1.807) is 12.1 Å². The highest BCUT2D eigenvalue weighted by atomic mass is 35.5. The smallest absolute Gasteiger partial charge is 0.252 e. The maximum absolute atomic E-state index is 13.7. The Kier molecular flexibility index (Phi) is 5.19. The molecule has 170 valence electrons. The van der Waals surface area contributed by atoms with E-state index in [2.05, 4.69) is 12.2 Å². The van der Waals surface area contributed by atoms with E-state index in [1.165, 1.54) is 38.5 Å². The fourth-order valence-corrected chi connectivity index (χ4v) is 7.84. The van der Waals surface area contributed by atoms with Gasteiger partial charge < -0.3 is 5.32 Å². The topological polar surface area (TPSA) is 42.0 Å². The number of halogens is 2. The first kappa shape index (κ1) is 21.4. The molecule has 4 saturated carbocycles. The summed E-state index contributed by atoms with van der Waals surface area (Å²) in [5.41, 5.74) is 3.15. The van der Waals surface area contributed by atoms with Crippen LogP contribution in [0.4, 0.5) is 0 Å². The highest BCUT2D eigenvalue weighted by molar-refractivity contribution is 6.36. The maximum Gasteiger partial charge on any atom is 0.252 e. The molecular formula is C28H28Cl2N2O. The molecule has 1 aromatic heterocycles. The minimum atomic E-state index is -0.0248. The van der Waals surface area contributed by atoms with Crippen molar-refractivity contribution in [3.8, 4) is 11.3 Å². The van der Waals surface area contributed by atoms with Crippen LogP contribution < -0.4 is 5.32 Å². The first-order valence-corrected chi connectivity index (χ1v) is 12.8. The molecule has 0 spiro atoms. The van der Waals surface area contributed by atoms with Gasteiger partial charge in [-0.1, -0.05) is 41.4 Å². The lowest BCUT2D eigenvalue weighted by molar-refractivity contribution is -0.0687. The number of pyridine rings is 1. The third kappa shape index (κ3) is 3.74. The van der Waals surface area contributed by atoms with Crippen LogP contribution in [0.25, 0.3) is 22.2 Å². The Morgan fingerprint density at radius 1 is 1.00 bits per heavy atom. The number of nitrogens with zero attached hydrogens (tertiary/aromatic N) is 1. The van der Waals surface area contributed by atoms with E-state index in [4.69, 9.17) is 28.2 Å². The molecule has 4 aliphatic carbocycles. The number of para-hydroxylation sites is 1. The van der Waals surface area contributed by atoms with Gasteiger partial charge in [-0.3, -0.25) is 4.79 Å². The monoisotopic (exact) mass is 478 g/mol. The first-order chi connectivity index (χ1) is 15.9. The van der Waals surface area contributed by atoms with Crippen molar-refractivity contribution in [1.82, 2.24) is 10.3 Å².